The van der Waals surface area contributed by atoms with Gasteiger partial charge in [0.2, 0.25) is 5.90 Å². The Hall–Kier alpha value is -3.17. The molecule has 0 fully saturated rings. The average Bonchev–Trinajstić information content (AvgIpc) is 3.23. The summed E-state index contributed by atoms with van der Waals surface area (Å²) in [5.74, 6) is 0.978. The zero-order valence-electron chi connectivity index (χ0n) is 19.3. The van der Waals surface area contributed by atoms with E-state index in [0.29, 0.717) is 30.6 Å². The maximum Gasteiger partial charge on any atom is 0.363 e. The van der Waals surface area contributed by atoms with Gasteiger partial charge in [0.1, 0.15) is 6.61 Å². The fraction of sp³-hybridized carbons (Fsp3) is 0.103. The summed E-state index contributed by atoms with van der Waals surface area (Å²) in [5.41, 5.74) is 2.77. The Bertz CT molecular complexity index is 1530. The van der Waals surface area contributed by atoms with Crippen LogP contribution in [0.1, 0.15) is 23.6 Å². The quantitative estimate of drug-likeness (QED) is 0.118. The smallest absolute Gasteiger partial charge is 0.363 e. The van der Waals surface area contributed by atoms with Crippen molar-refractivity contribution in [2.75, 3.05) is 6.61 Å². The molecule has 0 N–H and O–H groups in total. The van der Waals surface area contributed by atoms with Crippen molar-refractivity contribution in [3.8, 4) is 11.5 Å². The van der Waals surface area contributed by atoms with E-state index >= 15 is 0 Å². The second-order valence-electron chi connectivity index (χ2n) is 8.08. The van der Waals surface area contributed by atoms with Gasteiger partial charge >= 0.3 is 5.97 Å². The van der Waals surface area contributed by atoms with Gasteiger partial charge in [-0.05, 0) is 110 Å². The Morgan fingerprint density at radius 3 is 2.61 bits per heavy atom. The fourth-order valence-corrected chi connectivity index (χ4v) is 5.05. The number of hydrogen-bond acceptors (Lipinski definition) is 5. The van der Waals surface area contributed by atoms with Crippen LogP contribution in [-0.4, -0.2) is 18.5 Å². The maximum absolute atomic E-state index is 12.6. The number of halogens is 2. The van der Waals surface area contributed by atoms with Crippen LogP contribution in [0.2, 0.25) is 0 Å². The lowest BCUT2D eigenvalue weighted by Crippen LogP contribution is -2.05. The van der Waals surface area contributed by atoms with Gasteiger partial charge in [-0.15, -0.1) is 0 Å². The van der Waals surface area contributed by atoms with Gasteiger partial charge in [-0.1, -0.05) is 42.5 Å². The molecule has 7 heteroatoms. The number of nitrogens with zero attached hydrogens (tertiary/aromatic N) is 1. The van der Waals surface area contributed by atoms with Gasteiger partial charge in [0.05, 0.1) is 11.1 Å². The molecule has 4 aromatic rings. The topological polar surface area (TPSA) is 57.1 Å². The molecule has 0 spiro atoms. The van der Waals surface area contributed by atoms with Crippen molar-refractivity contribution in [2.45, 2.75) is 13.5 Å². The Kier molecular flexibility index (Phi) is 7.38. The maximum atomic E-state index is 12.6. The summed E-state index contributed by atoms with van der Waals surface area (Å²) >= 11 is 5.88. The molecule has 1 aliphatic heterocycles. The van der Waals surface area contributed by atoms with Gasteiger partial charge < -0.3 is 14.2 Å². The summed E-state index contributed by atoms with van der Waals surface area (Å²) in [6.45, 7) is 2.79. The number of aliphatic imine (C=N–C) groups is 1. The molecule has 4 aromatic carbocycles. The molecule has 0 aromatic heterocycles. The van der Waals surface area contributed by atoms with Gasteiger partial charge in [0.15, 0.2) is 17.2 Å². The van der Waals surface area contributed by atoms with Crippen molar-refractivity contribution in [1.29, 1.82) is 0 Å². The third kappa shape index (κ3) is 5.47. The highest BCUT2D eigenvalue weighted by Gasteiger charge is 2.25. The number of esters is 1. The van der Waals surface area contributed by atoms with E-state index < -0.39 is 5.97 Å². The van der Waals surface area contributed by atoms with Gasteiger partial charge in [0, 0.05) is 9.13 Å². The molecule has 180 valence electrons. The zero-order valence-corrected chi connectivity index (χ0v) is 23.1. The summed E-state index contributed by atoms with van der Waals surface area (Å²) in [6.07, 6.45) is 1.69. The number of rotatable bonds is 7. The second kappa shape index (κ2) is 10.8. The van der Waals surface area contributed by atoms with Gasteiger partial charge in [-0.25, -0.2) is 9.79 Å². The molecule has 0 saturated carbocycles. The largest absolute Gasteiger partial charge is 0.490 e. The first-order chi connectivity index (χ1) is 17.5. The van der Waals surface area contributed by atoms with Crippen molar-refractivity contribution < 1.29 is 19.0 Å². The molecular weight excluding hydrogens is 633 g/mol. The molecule has 1 heterocycles. The van der Waals surface area contributed by atoms with E-state index in [-0.39, 0.29) is 5.70 Å². The SMILES string of the molecule is CCOc1cc(/C=C2\N=C(c3ccc4ccccc4c3)OC2=O)cc(Br)c1OCc1cccc(I)c1. The first-order valence-corrected chi connectivity index (χ1v) is 13.2. The Balaban J connectivity index is 1.42. The normalized spacial score (nSPS) is 14.1. The highest BCUT2D eigenvalue weighted by molar-refractivity contribution is 14.1. The summed E-state index contributed by atoms with van der Waals surface area (Å²) in [4.78, 5) is 17.1. The number of carbonyl (C=O) groups excluding carboxylic acids is 1. The molecule has 1 aliphatic rings. The Morgan fingerprint density at radius 2 is 1.81 bits per heavy atom. The van der Waals surface area contributed by atoms with Crippen LogP contribution >= 0.6 is 38.5 Å². The van der Waals surface area contributed by atoms with Crippen molar-refractivity contribution in [2.24, 2.45) is 4.99 Å². The van der Waals surface area contributed by atoms with Crippen molar-refractivity contribution in [3.05, 3.63) is 109 Å². The predicted octanol–water partition coefficient (Wildman–Crippen LogP) is 7.53. The Morgan fingerprint density at radius 1 is 0.972 bits per heavy atom. The Labute approximate surface area is 231 Å². The molecule has 0 atom stereocenters. The van der Waals surface area contributed by atoms with Crippen LogP contribution in [0.5, 0.6) is 11.5 Å². The number of cyclic esters (lactones) is 1. The molecule has 0 saturated heterocycles. The zero-order chi connectivity index (χ0) is 25.1. The number of benzene rings is 4. The lowest BCUT2D eigenvalue weighted by Gasteiger charge is -2.15. The summed E-state index contributed by atoms with van der Waals surface area (Å²) < 4.78 is 19.3. The van der Waals surface area contributed by atoms with Gasteiger partial charge in [0.25, 0.3) is 0 Å². The molecular formula is C29H21BrINO4. The summed E-state index contributed by atoms with van der Waals surface area (Å²) in [6, 6.07) is 25.7. The number of ether oxygens (including phenoxy) is 3. The first-order valence-electron chi connectivity index (χ1n) is 11.4. The highest BCUT2D eigenvalue weighted by Crippen LogP contribution is 2.38. The predicted molar refractivity (Wildman–Crippen MR) is 153 cm³/mol. The van der Waals surface area contributed by atoms with Crippen LogP contribution in [0, 0.1) is 3.57 Å². The van der Waals surface area contributed by atoms with Crippen molar-refractivity contribution >= 4 is 67.2 Å². The molecule has 5 nitrogen and oxygen atoms in total. The van der Waals surface area contributed by atoms with E-state index in [1.807, 2.05) is 79.7 Å². The van der Waals surface area contributed by atoms with Crippen molar-refractivity contribution in [1.82, 2.24) is 0 Å². The van der Waals surface area contributed by atoms with Crippen LogP contribution in [0.3, 0.4) is 0 Å². The minimum absolute atomic E-state index is 0.222. The van der Waals surface area contributed by atoms with Crippen LogP contribution < -0.4 is 9.47 Å². The van der Waals surface area contributed by atoms with E-state index in [0.717, 1.165) is 35.5 Å². The molecule has 0 bridgehead atoms. The average molecular weight is 654 g/mol. The molecule has 0 unspecified atom stereocenters. The van der Waals surface area contributed by atoms with Crippen LogP contribution in [0.25, 0.3) is 16.8 Å². The van der Waals surface area contributed by atoms with E-state index in [9.17, 15) is 4.79 Å². The van der Waals surface area contributed by atoms with Crippen LogP contribution in [0.4, 0.5) is 0 Å². The van der Waals surface area contributed by atoms with E-state index in [4.69, 9.17) is 14.2 Å². The second-order valence-corrected chi connectivity index (χ2v) is 10.2. The molecule has 36 heavy (non-hydrogen) atoms. The number of carbonyl (C=O) groups is 1. The minimum Gasteiger partial charge on any atom is -0.490 e. The third-order valence-corrected chi connectivity index (χ3v) is 6.78. The molecule has 5 rings (SSSR count). The number of hydrogen-bond donors (Lipinski definition) is 0. The van der Waals surface area contributed by atoms with Gasteiger partial charge in [-0.3, -0.25) is 0 Å². The van der Waals surface area contributed by atoms with Crippen LogP contribution in [-0.2, 0) is 16.1 Å². The van der Waals surface area contributed by atoms with E-state index in [1.165, 1.54) is 0 Å². The lowest BCUT2D eigenvalue weighted by atomic mass is 10.1. The summed E-state index contributed by atoms with van der Waals surface area (Å²) in [5, 5.41) is 2.16. The lowest BCUT2D eigenvalue weighted by molar-refractivity contribution is -0.129. The monoisotopic (exact) mass is 653 g/mol. The molecule has 0 radical (unpaired) electrons. The summed E-state index contributed by atoms with van der Waals surface area (Å²) in [7, 11) is 0. The number of fused-ring (bicyclic) bond motifs is 1. The van der Waals surface area contributed by atoms with E-state index in [1.54, 1.807) is 6.08 Å². The molecule has 0 amide bonds. The van der Waals surface area contributed by atoms with Crippen molar-refractivity contribution in [3.63, 3.8) is 0 Å². The molecule has 0 aliphatic carbocycles. The fourth-order valence-electron chi connectivity index (χ4n) is 3.87. The highest BCUT2D eigenvalue weighted by atomic mass is 127. The van der Waals surface area contributed by atoms with Crippen LogP contribution in [0.15, 0.2) is 94.0 Å². The van der Waals surface area contributed by atoms with E-state index in [2.05, 4.69) is 49.6 Å². The first kappa shape index (κ1) is 24.5. The van der Waals surface area contributed by atoms with Gasteiger partial charge in [-0.2, -0.15) is 0 Å². The third-order valence-electron chi connectivity index (χ3n) is 5.52. The standard InChI is InChI=1S/C29H21BrINO4/c1-2-34-26-15-19(13-24(30)27(26)35-17-18-6-5-9-23(31)12-18)14-25-29(33)36-28(32-25)22-11-10-20-7-3-4-8-21(20)16-22/h3-16H,2,17H2,1H3/b25-14-. The minimum atomic E-state index is -0.494.